The van der Waals surface area contributed by atoms with Gasteiger partial charge in [-0.25, -0.2) is 0 Å². The molecule has 0 spiro atoms. The van der Waals surface area contributed by atoms with E-state index in [1.807, 2.05) is 0 Å². The lowest BCUT2D eigenvalue weighted by Gasteiger charge is -2.14. The minimum atomic E-state index is 0.908. The van der Waals surface area contributed by atoms with Crippen LogP contribution in [-0.4, -0.2) is 24.5 Å². The van der Waals surface area contributed by atoms with Crippen LogP contribution >= 0.6 is 0 Å². The standard InChI is InChI=1S/C13H19N/c1-12-7-9-14(11-12)10-8-13-5-3-2-4-6-13/h2-6,12H,7-11H2,1H3/t12-/m1/s1. The molecule has 1 fully saturated rings. The molecule has 1 aliphatic rings. The van der Waals surface area contributed by atoms with Gasteiger partial charge in [0, 0.05) is 13.1 Å². The van der Waals surface area contributed by atoms with Gasteiger partial charge in [-0.2, -0.15) is 0 Å². The average Bonchev–Trinajstić information content (AvgIpc) is 2.63. The molecule has 0 saturated carbocycles. The second kappa shape index (κ2) is 4.61. The number of benzene rings is 1. The lowest BCUT2D eigenvalue weighted by Crippen LogP contribution is -2.22. The molecule has 1 atom stereocenters. The highest BCUT2D eigenvalue weighted by Gasteiger charge is 2.17. The zero-order valence-electron chi connectivity index (χ0n) is 8.95. The van der Waals surface area contributed by atoms with Gasteiger partial charge in [0.1, 0.15) is 0 Å². The highest BCUT2D eigenvalue weighted by molar-refractivity contribution is 5.14. The summed E-state index contributed by atoms with van der Waals surface area (Å²) >= 11 is 0. The van der Waals surface area contributed by atoms with E-state index in [1.54, 1.807) is 0 Å². The van der Waals surface area contributed by atoms with E-state index in [2.05, 4.69) is 42.2 Å². The van der Waals surface area contributed by atoms with Crippen LogP contribution in [0, 0.1) is 5.92 Å². The number of nitrogens with zero attached hydrogens (tertiary/aromatic N) is 1. The summed E-state index contributed by atoms with van der Waals surface area (Å²) in [6.07, 6.45) is 2.59. The molecule has 0 bridgehead atoms. The number of hydrogen-bond acceptors (Lipinski definition) is 1. The van der Waals surface area contributed by atoms with E-state index in [0.717, 1.165) is 5.92 Å². The summed E-state index contributed by atoms with van der Waals surface area (Å²) in [5.74, 6) is 0.908. The molecule has 1 aliphatic heterocycles. The Hall–Kier alpha value is -0.820. The van der Waals surface area contributed by atoms with E-state index >= 15 is 0 Å². The van der Waals surface area contributed by atoms with Crippen molar-refractivity contribution < 1.29 is 0 Å². The van der Waals surface area contributed by atoms with Crippen molar-refractivity contribution in [3.63, 3.8) is 0 Å². The van der Waals surface area contributed by atoms with Crippen molar-refractivity contribution in [3.05, 3.63) is 35.9 Å². The SMILES string of the molecule is C[C@@H]1CCN(CCc2ccccc2)C1. The van der Waals surface area contributed by atoms with Gasteiger partial charge in [-0.3, -0.25) is 0 Å². The van der Waals surface area contributed by atoms with Gasteiger partial charge in [0.05, 0.1) is 0 Å². The van der Waals surface area contributed by atoms with Gasteiger partial charge in [0.2, 0.25) is 0 Å². The smallest absolute Gasteiger partial charge is 0.00219 e. The lowest BCUT2D eigenvalue weighted by atomic mass is 10.1. The lowest BCUT2D eigenvalue weighted by molar-refractivity contribution is 0.332. The second-order valence-electron chi connectivity index (χ2n) is 4.43. The Morgan fingerprint density at radius 2 is 2.07 bits per heavy atom. The third kappa shape index (κ3) is 2.58. The van der Waals surface area contributed by atoms with Crippen LogP contribution in [0.25, 0.3) is 0 Å². The van der Waals surface area contributed by atoms with Gasteiger partial charge in [-0.1, -0.05) is 37.3 Å². The van der Waals surface area contributed by atoms with Crippen LogP contribution in [0.3, 0.4) is 0 Å². The normalized spacial score (nSPS) is 22.8. The van der Waals surface area contributed by atoms with Crippen molar-refractivity contribution in [1.82, 2.24) is 4.90 Å². The van der Waals surface area contributed by atoms with E-state index in [-0.39, 0.29) is 0 Å². The molecule has 0 N–H and O–H groups in total. The molecule has 76 valence electrons. The highest BCUT2D eigenvalue weighted by Crippen LogP contribution is 2.15. The molecule has 0 radical (unpaired) electrons. The molecule has 0 amide bonds. The first-order chi connectivity index (χ1) is 6.84. The molecule has 14 heavy (non-hydrogen) atoms. The molecule has 1 heterocycles. The molecule has 1 nitrogen and oxygen atoms in total. The zero-order chi connectivity index (χ0) is 9.80. The fourth-order valence-corrected chi connectivity index (χ4v) is 2.16. The average molecular weight is 189 g/mol. The number of rotatable bonds is 3. The number of hydrogen-bond donors (Lipinski definition) is 0. The maximum absolute atomic E-state index is 2.58. The summed E-state index contributed by atoms with van der Waals surface area (Å²) in [5, 5.41) is 0. The third-order valence-electron chi connectivity index (χ3n) is 3.07. The Morgan fingerprint density at radius 1 is 1.29 bits per heavy atom. The third-order valence-corrected chi connectivity index (χ3v) is 3.07. The second-order valence-corrected chi connectivity index (χ2v) is 4.43. The van der Waals surface area contributed by atoms with Crippen molar-refractivity contribution in [2.24, 2.45) is 5.92 Å². The first-order valence-corrected chi connectivity index (χ1v) is 5.61. The monoisotopic (exact) mass is 189 g/mol. The minimum absolute atomic E-state index is 0.908. The van der Waals surface area contributed by atoms with Crippen molar-refractivity contribution in [1.29, 1.82) is 0 Å². The molecule has 0 unspecified atom stereocenters. The van der Waals surface area contributed by atoms with Crippen molar-refractivity contribution in [2.45, 2.75) is 19.8 Å². The van der Waals surface area contributed by atoms with Gasteiger partial charge >= 0.3 is 0 Å². The predicted octanol–water partition coefficient (Wildman–Crippen LogP) is 2.57. The van der Waals surface area contributed by atoms with Crippen LogP contribution in [0.4, 0.5) is 0 Å². The van der Waals surface area contributed by atoms with Crippen molar-refractivity contribution in [3.8, 4) is 0 Å². The van der Waals surface area contributed by atoms with E-state index in [9.17, 15) is 0 Å². The van der Waals surface area contributed by atoms with Gasteiger partial charge in [0.15, 0.2) is 0 Å². The largest absolute Gasteiger partial charge is 0.303 e. The molecular weight excluding hydrogens is 170 g/mol. The summed E-state index contributed by atoms with van der Waals surface area (Å²) in [7, 11) is 0. The van der Waals surface area contributed by atoms with Gasteiger partial charge in [-0.15, -0.1) is 0 Å². The van der Waals surface area contributed by atoms with Crippen LogP contribution < -0.4 is 0 Å². The van der Waals surface area contributed by atoms with Crippen molar-refractivity contribution >= 4 is 0 Å². The van der Waals surface area contributed by atoms with Crippen LogP contribution in [0.5, 0.6) is 0 Å². The molecular formula is C13H19N. The van der Waals surface area contributed by atoms with Crippen LogP contribution in [-0.2, 0) is 6.42 Å². The first-order valence-electron chi connectivity index (χ1n) is 5.61. The van der Waals surface area contributed by atoms with Gasteiger partial charge in [-0.05, 0) is 30.9 Å². The topological polar surface area (TPSA) is 3.24 Å². The molecule has 0 aromatic heterocycles. The van der Waals surface area contributed by atoms with E-state index in [4.69, 9.17) is 0 Å². The number of likely N-dealkylation sites (tertiary alicyclic amines) is 1. The molecule has 1 aromatic carbocycles. The fourth-order valence-electron chi connectivity index (χ4n) is 2.16. The Bertz CT molecular complexity index is 268. The molecule has 1 aromatic rings. The molecule has 0 aliphatic carbocycles. The Balaban J connectivity index is 1.78. The molecule has 1 saturated heterocycles. The van der Waals surface area contributed by atoms with Crippen LogP contribution in [0.2, 0.25) is 0 Å². The van der Waals surface area contributed by atoms with Crippen LogP contribution in [0.1, 0.15) is 18.9 Å². The van der Waals surface area contributed by atoms with Crippen molar-refractivity contribution in [2.75, 3.05) is 19.6 Å². The Morgan fingerprint density at radius 3 is 2.71 bits per heavy atom. The molecule has 2 rings (SSSR count). The fraction of sp³-hybridized carbons (Fsp3) is 0.538. The summed E-state index contributed by atoms with van der Waals surface area (Å²) < 4.78 is 0. The summed E-state index contributed by atoms with van der Waals surface area (Å²) in [6, 6.07) is 10.8. The Kier molecular flexibility index (Phi) is 3.20. The van der Waals surface area contributed by atoms with Gasteiger partial charge < -0.3 is 4.90 Å². The van der Waals surface area contributed by atoms with Gasteiger partial charge in [0.25, 0.3) is 0 Å². The summed E-state index contributed by atoms with van der Waals surface area (Å²) in [4.78, 5) is 2.58. The van der Waals surface area contributed by atoms with E-state index < -0.39 is 0 Å². The zero-order valence-corrected chi connectivity index (χ0v) is 8.95. The summed E-state index contributed by atoms with van der Waals surface area (Å²) in [5.41, 5.74) is 1.46. The van der Waals surface area contributed by atoms with E-state index in [1.165, 1.54) is 38.0 Å². The maximum Gasteiger partial charge on any atom is 0.00219 e. The van der Waals surface area contributed by atoms with E-state index in [0.29, 0.717) is 0 Å². The molecule has 1 heteroatoms. The maximum atomic E-state index is 2.58. The predicted molar refractivity (Wildman–Crippen MR) is 60.4 cm³/mol. The first kappa shape index (κ1) is 9.72. The Labute approximate surface area is 86.7 Å². The van der Waals surface area contributed by atoms with Crippen LogP contribution in [0.15, 0.2) is 30.3 Å². The summed E-state index contributed by atoms with van der Waals surface area (Å²) in [6.45, 7) is 6.18. The quantitative estimate of drug-likeness (QED) is 0.706. The minimum Gasteiger partial charge on any atom is -0.303 e. The highest BCUT2D eigenvalue weighted by atomic mass is 15.1.